The maximum absolute atomic E-state index is 12.3. The summed E-state index contributed by atoms with van der Waals surface area (Å²) in [4.78, 5) is 13.9. The van der Waals surface area contributed by atoms with Crippen molar-refractivity contribution >= 4 is 11.7 Å². The number of H-pyrrole nitrogens is 1. The van der Waals surface area contributed by atoms with Gasteiger partial charge in [0.05, 0.1) is 12.8 Å². The Morgan fingerprint density at radius 2 is 2.08 bits per heavy atom. The van der Waals surface area contributed by atoms with Crippen molar-refractivity contribution in [2.75, 3.05) is 12.5 Å². The number of anilines is 1. The highest BCUT2D eigenvalue weighted by Crippen LogP contribution is 2.29. The van der Waals surface area contributed by atoms with Crippen molar-refractivity contribution in [3.8, 4) is 11.5 Å². The van der Waals surface area contributed by atoms with Crippen LogP contribution in [0, 0.1) is 6.92 Å². The van der Waals surface area contributed by atoms with Gasteiger partial charge in [0.2, 0.25) is 5.95 Å². The van der Waals surface area contributed by atoms with Crippen molar-refractivity contribution in [1.82, 2.24) is 15.2 Å². The second-order valence-electron chi connectivity index (χ2n) is 4.64. The lowest BCUT2D eigenvalue weighted by atomic mass is 10.1. The molecule has 128 valence electrons. The van der Waals surface area contributed by atoms with E-state index in [4.69, 9.17) is 4.74 Å². The highest BCUT2D eigenvalue weighted by atomic mass is 19.3. The van der Waals surface area contributed by atoms with E-state index in [2.05, 4.69) is 30.4 Å². The summed E-state index contributed by atoms with van der Waals surface area (Å²) in [5.74, 6) is 0.145. The lowest BCUT2D eigenvalue weighted by Crippen LogP contribution is -2.16. The van der Waals surface area contributed by atoms with E-state index < -0.39 is 6.61 Å². The van der Waals surface area contributed by atoms with E-state index in [0.29, 0.717) is 11.3 Å². The van der Waals surface area contributed by atoms with Crippen molar-refractivity contribution in [2.24, 2.45) is 5.10 Å². The van der Waals surface area contributed by atoms with E-state index in [0.717, 1.165) is 0 Å². The fraction of sp³-hybridized carbons (Fsp3) is 0.286. The predicted octanol–water partition coefficient (Wildman–Crippen LogP) is 1.92. The summed E-state index contributed by atoms with van der Waals surface area (Å²) in [5.41, 5.74) is 3.52. The molecular weight excluding hydrogens is 324 g/mol. The molecule has 0 atom stereocenters. The molecule has 2 N–H and O–H groups in total. The second-order valence-corrected chi connectivity index (χ2v) is 4.64. The van der Waals surface area contributed by atoms with Gasteiger partial charge in [0.25, 0.3) is 5.56 Å². The number of rotatable bonds is 6. The minimum atomic E-state index is -2.95. The van der Waals surface area contributed by atoms with Crippen molar-refractivity contribution in [1.29, 1.82) is 0 Å². The quantitative estimate of drug-likeness (QED) is 0.616. The SMILES string of the molecule is COc1cc(/C(C)=N\Nc2nnc(C)c(=O)[nH]2)ccc1OC(F)F. The molecule has 0 unspecified atom stereocenters. The van der Waals surface area contributed by atoms with Crippen molar-refractivity contribution < 1.29 is 18.3 Å². The minimum absolute atomic E-state index is 0.0780. The highest BCUT2D eigenvalue weighted by molar-refractivity contribution is 5.99. The van der Waals surface area contributed by atoms with Crippen LogP contribution in [0.25, 0.3) is 0 Å². The average molecular weight is 339 g/mol. The van der Waals surface area contributed by atoms with Gasteiger partial charge in [-0.25, -0.2) is 5.43 Å². The van der Waals surface area contributed by atoms with Crippen molar-refractivity contribution in [3.05, 3.63) is 39.8 Å². The molecule has 1 aromatic heterocycles. The summed E-state index contributed by atoms with van der Waals surface area (Å²) >= 11 is 0. The summed E-state index contributed by atoms with van der Waals surface area (Å²) in [5, 5.41) is 11.4. The fourth-order valence-corrected chi connectivity index (χ4v) is 1.73. The Hall–Kier alpha value is -3.04. The van der Waals surface area contributed by atoms with Crippen LogP contribution < -0.4 is 20.5 Å². The molecule has 0 saturated heterocycles. The van der Waals surface area contributed by atoms with Crippen LogP contribution in [0.15, 0.2) is 28.1 Å². The monoisotopic (exact) mass is 339 g/mol. The molecule has 0 bridgehead atoms. The maximum atomic E-state index is 12.3. The van der Waals surface area contributed by atoms with E-state index in [1.54, 1.807) is 13.0 Å². The number of halogens is 2. The lowest BCUT2D eigenvalue weighted by Gasteiger charge is -2.11. The maximum Gasteiger partial charge on any atom is 0.387 e. The van der Waals surface area contributed by atoms with Gasteiger partial charge in [-0.2, -0.15) is 13.9 Å². The van der Waals surface area contributed by atoms with Gasteiger partial charge >= 0.3 is 6.61 Å². The first kappa shape index (κ1) is 17.3. The molecule has 0 amide bonds. The minimum Gasteiger partial charge on any atom is -0.493 e. The molecule has 24 heavy (non-hydrogen) atoms. The molecule has 0 spiro atoms. The number of hydrogen-bond donors (Lipinski definition) is 2. The molecule has 2 rings (SSSR count). The lowest BCUT2D eigenvalue weighted by molar-refractivity contribution is -0.0512. The van der Waals surface area contributed by atoms with Crippen LogP contribution in [-0.2, 0) is 0 Å². The molecule has 0 aliphatic heterocycles. The fourth-order valence-electron chi connectivity index (χ4n) is 1.73. The van der Waals surface area contributed by atoms with E-state index in [-0.39, 0.29) is 28.7 Å². The van der Waals surface area contributed by atoms with Crippen LogP contribution in [0.5, 0.6) is 11.5 Å². The molecule has 0 fully saturated rings. The number of aromatic amines is 1. The van der Waals surface area contributed by atoms with Crippen LogP contribution in [0.2, 0.25) is 0 Å². The van der Waals surface area contributed by atoms with Gasteiger partial charge in [-0.3, -0.25) is 9.78 Å². The van der Waals surface area contributed by atoms with Crippen LogP contribution in [0.1, 0.15) is 18.2 Å². The number of ether oxygens (including phenoxy) is 2. The average Bonchev–Trinajstić information content (AvgIpc) is 2.55. The van der Waals surface area contributed by atoms with Crippen LogP contribution in [-0.4, -0.2) is 34.6 Å². The van der Waals surface area contributed by atoms with E-state index >= 15 is 0 Å². The number of nitrogens with one attached hydrogen (secondary N) is 2. The molecule has 0 aliphatic rings. The topological polar surface area (TPSA) is 101 Å². The number of methoxy groups -OCH3 is 1. The van der Waals surface area contributed by atoms with Crippen LogP contribution >= 0.6 is 0 Å². The highest BCUT2D eigenvalue weighted by Gasteiger charge is 2.12. The van der Waals surface area contributed by atoms with Crippen LogP contribution in [0.4, 0.5) is 14.7 Å². The van der Waals surface area contributed by atoms with Crippen molar-refractivity contribution in [3.63, 3.8) is 0 Å². The molecule has 2 aromatic rings. The Kier molecular flexibility index (Phi) is 5.40. The van der Waals surface area contributed by atoms with Gasteiger partial charge in [0, 0.05) is 5.56 Å². The number of alkyl halides is 2. The largest absolute Gasteiger partial charge is 0.493 e. The Labute approximate surface area is 135 Å². The molecule has 10 heteroatoms. The number of aryl methyl sites for hydroxylation is 1. The van der Waals surface area contributed by atoms with Crippen LogP contribution in [0.3, 0.4) is 0 Å². The number of benzene rings is 1. The molecular formula is C14H15F2N5O3. The Bertz CT molecular complexity index is 807. The Morgan fingerprint density at radius 1 is 1.33 bits per heavy atom. The molecule has 1 aromatic carbocycles. The number of hydrazone groups is 1. The standard InChI is InChI=1S/C14H15F2N5O3/c1-7(18-20-14-17-12(22)8(2)19-21-14)9-4-5-10(24-13(15)16)11(6-9)23-3/h4-6,13H,1-3H3,(H2,17,20,21,22)/b18-7-. The number of aromatic nitrogens is 3. The Morgan fingerprint density at radius 3 is 2.71 bits per heavy atom. The first-order chi connectivity index (χ1) is 11.4. The van der Waals surface area contributed by atoms with Gasteiger partial charge in [0.15, 0.2) is 11.5 Å². The van der Waals surface area contributed by atoms with E-state index in [1.807, 2.05) is 0 Å². The molecule has 0 radical (unpaired) electrons. The Balaban J connectivity index is 2.20. The number of nitrogens with zero attached hydrogens (tertiary/aromatic N) is 3. The van der Waals surface area contributed by atoms with E-state index in [9.17, 15) is 13.6 Å². The zero-order chi connectivity index (χ0) is 17.7. The smallest absolute Gasteiger partial charge is 0.387 e. The van der Waals surface area contributed by atoms with Gasteiger partial charge in [-0.05, 0) is 32.0 Å². The zero-order valence-electron chi connectivity index (χ0n) is 13.1. The van der Waals surface area contributed by atoms with Crippen molar-refractivity contribution in [2.45, 2.75) is 20.5 Å². The zero-order valence-corrected chi connectivity index (χ0v) is 13.1. The number of hydrogen-bond acceptors (Lipinski definition) is 7. The predicted molar refractivity (Wildman–Crippen MR) is 82.8 cm³/mol. The molecule has 0 saturated carbocycles. The third-order valence-electron chi connectivity index (χ3n) is 2.99. The normalized spacial score (nSPS) is 11.5. The molecule has 8 nitrogen and oxygen atoms in total. The summed E-state index contributed by atoms with van der Waals surface area (Å²) in [6.45, 7) is 0.257. The van der Waals surface area contributed by atoms with Gasteiger partial charge in [0.1, 0.15) is 5.69 Å². The van der Waals surface area contributed by atoms with Gasteiger partial charge in [-0.15, -0.1) is 10.2 Å². The summed E-state index contributed by atoms with van der Waals surface area (Å²) in [6.07, 6.45) is 0. The van der Waals surface area contributed by atoms with Gasteiger partial charge in [-0.1, -0.05) is 0 Å². The molecule has 1 heterocycles. The third-order valence-corrected chi connectivity index (χ3v) is 2.99. The first-order valence-corrected chi connectivity index (χ1v) is 6.78. The van der Waals surface area contributed by atoms with E-state index in [1.165, 1.54) is 26.2 Å². The summed E-state index contributed by atoms with van der Waals surface area (Å²) < 4.78 is 34.0. The molecule has 0 aliphatic carbocycles. The summed E-state index contributed by atoms with van der Waals surface area (Å²) in [6, 6.07) is 4.40. The first-order valence-electron chi connectivity index (χ1n) is 6.78. The summed E-state index contributed by atoms with van der Waals surface area (Å²) in [7, 11) is 1.34. The van der Waals surface area contributed by atoms with Gasteiger partial charge < -0.3 is 9.47 Å². The second kappa shape index (κ2) is 7.49. The third kappa shape index (κ3) is 4.24.